The molecule has 0 saturated heterocycles. The largest absolute Gasteiger partial charge is 0.480 e. The molecule has 2 atom stereocenters. The fourth-order valence-corrected chi connectivity index (χ4v) is 2.52. The highest BCUT2D eigenvalue weighted by molar-refractivity contribution is 9.10. The van der Waals surface area contributed by atoms with E-state index in [0.717, 1.165) is 10.0 Å². The first-order valence-electron chi connectivity index (χ1n) is 6.01. The second kappa shape index (κ2) is 8.28. The van der Waals surface area contributed by atoms with Gasteiger partial charge in [0.2, 0.25) is 5.91 Å². The molecule has 0 spiro atoms. The van der Waals surface area contributed by atoms with Gasteiger partial charge in [-0.25, -0.2) is 0 Å². The molecule has 1 amide bonds. The summed E-state index contributed by atoms with van der Waals surface area (Å²) in [6.07, 6.45) is 0. The minimum absolute atomic E-state index is 0.0932. The highest BCUT2D eigenvalue weighted by atomic mass is 79.9. The summed E-state index contributed by atoms with van der Waals surface area (Å²) in [7, 11) is 0. The van der Waals surface area contributed by atoms with Crippen LogP contribution in [-0.2, 0) is 9.59 Å². The van der Waals surface area contributed by atoms with E-state index in [2.05, 4.69) is 21.2 Å². The molecule has 7 heteroatoms. The predicted molar refractivity (Wildman–Crippen MR) is 83.6 cm³/mol. The molecular formula is C13H17BrN2O3S. The van der Waals surface area contributed by atoms with E-state index < -0.39 is 12.0 Å². The Morgan fingerprint density at radius 1 is 1.40 bits per heavy atom. The Labute approximate surface area is 130 Å². The Morgan fingerprint density at radius 2 is 2.00 bits per heavy atom. The van der Waals surface area contributed by atoms with E-state index in [4.69, 9.17) is 10.8 Å². The lowest BCUT2D eigenvalue weighted by Gasteiger charge is -2.14. The van der Waals surface area contributed by atoms with Crippen LogP contribution in [0.25, 0.3) is 0 Å². The van der Waals surface area contributed by atoms with Gasteiger partial charge in [0.25, 0.3) is 0 Å². The summed E-state index contributed by atoms with van der Waals surface area (Å²) >= 11 is 4.57. The Bertz CT molecular complexity index is 467. The molecule has 0 aliphatic carbocycles. The van der Waals surface area contributed by atoms with E-state index >= 15 is 0 Å². The lowest BCUT2D eigenvalue weighted by molar-refractivity contribution is -0.138. The topological polar surface area (TPSA) is 92.4 Å². The number of nitrogens with one attached hydrogen (secondary N) is 1. The first-order chi connectivity index (χ1) is 9.40. The molecule has 1 aromatic carbocycles. The van der Waals surface area contributed by atoms with E-state index in [9.17, 15) is 9.59 Å². The molecule has 20 heavy (non-hydrogen) atoms. The molecule has 0 bridgehead atoms. The van der Waals surface area contributed by atoms with Crippen LogP contribution in [0.1, 0.15) is 18.5 Å². The van der Waals surface area contributed by atoms with Crippen LogP contribution in [0, 0.1) is 0 Å². The third kappa shape index (κ3) is 5.94. The highest BCUT2D eigenvalue weighted by Crippen LogP contribution is 2.16. The van der Waals surface area contributed by atoms with Crippen molar-refractivity contribution < 1.29 is 14.7 Å². The van der Waals surface area contributed by atoms with Crippen LogP contribution < -0.4 is 11.1 Å². The van der Waals surface area contributed by atoms with Crippen molar-refractivity contribution in [3.05, 3.63) is 34.3 Å². The molecule has 0 aromatic heterocycles. The Kier molecular flexibility index (Phi) is 7.04. The molecular weight excluding hydrogens is 344 g/mol. The number of rotatable bonds is 7. The monoisotopic (exact) mass is 360 g/mol. The lowest BCUT2D eigenvalue weighted by Crippen LogP contribution is -2.34. The number of hydrogen-bond donors (Lipinski definition) is 3. The molecule has 5 nitrogen and oxygen atoms in total. The number of carbonyl (C=O) groups excluding carboxylic acids is 1. The Balaban J connectivity index is 2.35. The van der Waals surface area contributed by atoms with Gasteiger partial charge in [-0.2, -0.15) is 0 Å². The van der Waals surface area contributed by atoms with Gasteiger partial charge in [-0.05, 0) is 24.6 Å². The molecule has 0 radical (unpaired) electrons. The zero-order valence-electron chi connectivity index (χ0n) is 11.0. The van der Waals surface area contributed by atoms with E-state index in [0.29, 0.717) is 0 Å². The van der Waals surface area contributed by atoms with Crippen LogP contribution in [0.15, 0.2) is 28.7 Å². The van der Waals surface area contributed by atoms with Crippen LogP contribution >= 0.6 is 27.7 Å². The van der Waals surface area contributed by atoms with E-state index in [-0.39, 0.29) is 23.5 Å². The summed E-state index contributed by atoms with van der Waals surface area (Å²) in [6, 6.07) is 6.67. The van der Waals surface area contributed by atoms with Crippen LogP contribution in [0.3, 0.4) is 0 Å². The van der Waals surface area contributed by atoms with Crippen molar-refractivity contribution in [2.45, 2.75) is 19.0 Å². The summed E-state index contributed by atoms with van der Waals surface area (Å²) in [5.74, 6) is -0.777. The van der Waals surface area contributed by atoms with Crippen LogP contribution in [0.2, 0.25) is 0 Å². The minimum Gasteiger partial charge on any atom is -0.480 e. The average molecular weight is 361 g/mol. The Hall–Kier alpha value is -1.05. The second-order valence-corrected chi connectivity index (χ2v) is 6.25. The van der Waals surface area contributed by atoms with Crippen LogP contribution in [0.5, 0.6) is 0 Å². The van der Waals surface area contributed by atoms with Gasteiger partial charge in [0.05, 0.1) is 11.8 Å². The number of hydrogen-bond acceptors (Lipinski definition) is 4. The van der Waals surface area contributed by atoms with Crippen molar-refractivity contribution in [2.75, 3.05) is 11.5 Å². The molecule has 0 aliphatic heterocycles. The predicted octanol–water partition coefficient (Wildman–Crippen LogP) is 1.77. The molecule has 110 valence electrons. The molecule has 2 unspecified atom stereocenters. The number of thioether (sulfide) groups is 1. The highest BCUT2D eigenvalue weighted by Gasteiger charge is 2.13. The number of carboxylic acid groups (broad SMARTS) is 1. The summed E-state index contributed by atoms with van der Waals surface area (Å²) in [5.41, 5.74) is 6.36. The average Bonchev–Trinajstić information content (AvgIpc) is 2.39. The van der Waals surface area contributed by atoms with Crippen LogP contribution in [-0.4, -0.2) is 34.5 Å². The summed E-state index contributed by atoms with van der Waals surface area (Å²) in [6.45, 7) is 1.90. The van der Waals surface area contributed by atoms with Crippen molar-refractivity contribution >= 4 is 39.6 Å². The Morgan fingerprint density at radius 3 is 2.55 bits per heavy atom. The van der Waals surface area contributed by atoms with Gasteiger partial charge in [-0.15, -0.1) is 11.8 Å². The summed E-state index contributed by atoms with van der Waals surface area (Å²) < 4.78 is 0.984. The number of nitrogens with two attached hydrogens (primary N) is 1. The first kappa shape index (κ1) is 17.0. The smallest absolute Gasteiger partial charge is 0.321 e. The number of amides is 1. The van der Waals surface area contributed by atoms with Crippen molar-refractivity contribution in [1.29, 1.82) is 0 Å². The zero-order valence-corrected chi connectivity index (χ0v) is 13.4. The van der Waals surface area contributed by atoms with E-state index in [1.165, 1.54) is 11.8 Å². The van der Waals surface area contributed by atoms with Crippen molar-refractivity contribution in [3.8, 4) is 0 Å². The second-order valence-electron chi connectivity index (χ2n) is 4.30. The molecule has 0 saturated carbocycles. The molecule has 0 fully saturated rings. The number of aliphatic carboxylic acids is 1. The van der Waals surface area contributed by atoms with Gasteiger partial charge in [-0.3, -0.25) is 9.59 Å². The number of carboxylic acids is 1. The maximum Gasteiger partial charge on any atom is 0.321 e. The lowest BCUT2D eigenvalue weighted by atomic mass is 10.1. The van der Waals surface area contributed by atoms with Crippen molar-refractivity contribution in [3.63, 3.8) is 0 Å². The standard InChI is InChI=1S/C13H17BrN2O3S/c1-8(9-2-4-10(14)5-3-9)16-12(17)7-20-6-11(15)13(18)19/h2-5,8,11H,6-7,15H2,1H3,(H,16,17)(H,18,19). The molecule has 4 N–H and O–H groups in total. The van der Waals surface area contributed by atoms with Crippen molar-refractivity contribution in [2.24, 2.45) is 5.73 Å². The molecule has 1 rings (SSSR count). The first-order valence-corrected chi connectivity index (χ1v) is 7.96. The van der Waals surface area contributed by atoms with Crippen molar-refractivity contribution in [1.82, 2.24) is 5.32 Å². The van der Waals surface area contributed by atoms with Gasteiger partial charge < -0.3 is 16.2 Å². The third-order valence-electron chi connectivity index (χ3n) is 2.60. The van der Waals surface area contributed by atoms with Crippen LogP contribution in [0.4, 0.5) is 0 Å². The van der Waals surface area contributed by atoms with Gasteiger partial charge in [-0.1, -0.05) is 28.1 Å². The molecule has 0 aliphatic rings. The van der Waals surface area contributed by atoms with Gasteiger partial charge in [0.15, 0.2) is 0 Å². The third-order valence-corrected chi connectivity index (χ3v) is 4.19. The van der Waals surface area contributed by atoms with Gasteiger partial charge in [0, 0.05) is 10.2 Å². The van der Waals surface area contributed by atoms with Gasteiger partial charge >= 0.3 is 5.97 Å². The zero-order chi connectivity index (χ0) is 15.1. The fourth-order valence-electron chi connectivity index (χ4n) is 1.47. The SMILES string of the molecule is CC(NC(=O)CSCC(N)C(=O)O)c1ccc(Br)cc1. The maximum absolute atomic E-state index is 11.7. The fraction of sp³-hybridized carbons (Fsp3) is 0.385. The van der Waals surface area contributed by atoms with Gasteiger partial charge in [0.1, 0.15) is 6.04 Å². The summed E-state index contributed by atoms with van der Waals surface area (Å²) in [4.78, 5) is 22.2. The van der Waals surface area contributed by atoms with E-state index in [1.54, 1.807) is 0 Å². The number of benzene rings is 1. The summed E-state index contributed by atoms with van der Waals surface area (Å²) in [5, 5.41) is 11.5. The minimum atomic E-state index is -1.05. The number of halogens is 1. The quantitative estimate of drug-likeness (QED) is 0.688. The molecule has 0 heterocycles. The molecule has 1 aromatic rings. The van der Waals surface area contributed by atoms with E-state index in [1.807, 2.05) is 31.2 Å². The normalized spacial score (nSPS) is 13.6. The maximum atomic E-state index is 11.7. The number of carbonyl (C=O) groups is 2.